The molecule has 0 fully saturated rings. The van der Waals surface area contributed by atoms with Gasteiger partial charge in [-0.2, -0.15) is 0 Å². The van der Waals surface area contributed by atoms with E-state index >= 15 is 0 Å². The van der Waals surface area contributed by atoms with Crippen molar-refractivity contribution in [3.63, 3.8) is 0 Å². The number of benzene rings is 2. The molecule has 0 atom stereocenters. The van der Waals surface area contributed by atoms with Crippen molar-refractivity contribution in [2.45, 2.75) is 17.6 Å². The number of aryl methyl sites for hydroxylation is 1. The van der Waals surface area contributed by atoms with Gasteiger partial charge in [0.1, 0.15) is 6.26 Å². The second-order valence-electron chi connectivity index (χ2n) is 4.82. The summed E-state index contributed by atoms with van der Waals surface area (Å²) in [6, 6.07) is 15.9. The summed E-state index contributed by atoms with van der Waals surface area (Å²) in [6.07, 6.45) is 1.72. The van der Waals surface area contributed by atoms with E-state index in [9.17, 15) is 0 Å². The van der Waals surface area contributed by atoms with Gasteiger partial charge in [-0.05, 0) is 42.8 Å². The maximum absolute atomic E-state index is 5.77. The highest BCUT2D eigenvalue weighted by molar-refractivity contribution is 7.98. The number of rotatable bonds is 4. The zero-order valence-electron chi connectivity index (χ0n) is 11.7. The van der Waals surface area contributed by atoms with Crippen LogP contribution in [0.4, 0.5) is 5.69 Å². The molecule has 0 aliphatic heterocycles. The van der Waals surface area contributed by atoms with Gasteiger partial charge in [0.15, 0.2) is 0 Å². The van der Waals surface area contributed by atoms with Crippen molar-refractivity contribution < 1.29 is 4.42 Å². The highest BCUT2D eigenvalue weighted by Crippen LogP contribution is 2.28. The number of aromatic nitrogens is 1. The normalized spacial score (nSPS) is 10.7. The van der Waals surface area contributed by atoms with Crippen LogP contribution >= 0.6 is 11.8 Å². The third-order valence-corrected chi connectivity index (χ3v) is 4.36. The second kappa shape index (κ2) is 6.06. The van der Waals surface area contributed by atoms with Crippen molar-refractivity contribution in [2.75, 3.05) is 5.73 Å². The maximum atomic E-state index is 5.77. The number of thioether (sulfide) groups is 1. The zero-order chi connectivity index (χ0) is 14.7. The molecule has 0 radical (unpaired) electrons. The molecule has 106 valence electrons. The Morgan fingerprint density at radius 3 is 2.71 bits per heavy atom. The highest BCUT2D eigenvalue weighted by atomic mass is 32.2. The van der Waals surface area contributed by atoms with Crippen LogP contribution in [-0.4, -0.2) is 4.98 Å². The van der Waals surface area contributed by atoms with Crippen LogP contribution in [0.2, 0.25) is 0 Å². The average Bonchev–Trinajstić information content (AvgIpc) is 2.96. The number of hydrogen-bond acceptors (Lipinski definition) is 4. The first kappa shape index (κ1) is 13.8. The lowest BCUT2D eigenvalue weighted by atomic mass is 10.2. The summed E-state index contributed by atoms with van der Waals surface area (Å²) >= 11 is 1.74. The minimum absolute atomic E-state index is 0.667. The molecule has 0 amide bonds. The fourth-order valence-corrected chi connectivity index (χ4v) is 2.96. The van der Waals surface area contributed by atoms with E-state index < -0.39 is 0 Å². The van der Waals surface area contributed by atoms with Crippen molar-refractivity contribution in [2.24, 2.45) is 0 Å². The fraction of sp³-hybridized carbons (Fsp3) is 0.118. The molecule has 1 heterocycles. The van der Waals surface area contributed by atoms with Gasteiger partial charge >= 0.3 is 0 Å². The fourth-order valence-electron chi connectivity index (χ4n) is 2.07. The van der Waals surface area contributed by atoms with Crippen molar-refractivity contribution in [3.05, 3.63) is 66.1 Å². The van der Waals surface area contributed by atoms with Gasteiger partial charge in [-0.3, -0.25) is 0 Å². The van der Waals surface area contributed by atoms with E-state index in [0.29, 0.717) is 5.89 Å². The maximum Gasteiger partial charge on any atom is 0.226 e. The molecule has 2 N–H and O–H groups in total. The van der Waals surface area contributed by atoms with E-state index in [4.69, 9.17) is 10.2 Å². The lowest BCUT2D eigenvalue weighted by Crippen LogP contribution is -1.88. The van der Waals surface area contributed by atoms with E-state index in [-0.39, 0.29) is 0 Å². The van der Waals surface area contributed by atoms with Crippen molar-refractivity contribution in [1.82, 2.24) is 4.98 Å². The summed E-state index contributed by atoms with van der Waals surface area (Å²) in [6.45, 7) is 2.07. The molecule has 0 aliphatic rings. The third-order valence-electron chi connectivity index (χ3n) is 3.15. The van der Waals surface area contributed by atoms with Gasteiger partial charge in [-0.1, -0.05) is 18.2 Å². The molecular formula is C17H16N2OS. The molecule has 1 aromatic heterocycles. The Morgan fingerprint density at radius 2 is 1.95 bits per heavy atom. The standard InChI is InChI=1S/C17H16N2OS/c1-12-9-14(18)7-8-16(12)21-11-15-10-20-17(19-15)13-5-3-2-4-6-13/h2-10H,11,18H2,1H3. The number of nitrogens with zero attached hydrogens (tertiary/aromatic N) is 1. The van der Waals surface area contributed by atoms with Gasteiger partial charge < -0.3 is 10.2 Å². The first-order chi connectivity index (χ1) is 10.2. The lowest BCUT2D eigenvalue weighted by molar-refractivity contribution is 0.573. The SMILES string of the molecule is Cc1cc(N)ccc1SCc1coc(-c2ccccc2)n1. The number of nitrogen functional groups attached to an aromatic ring is 1. The zero-order valence-corrected chi connectivity index (χ0v) is 12.6. The Bertz CT molecular complexity index is 738. The third kappa shape index (κ3) is 3.28. The summed E-state index contributed by atoms with van der Waals surface area (Å²) in [4.78, 5) is 5.75. The Hall–Kier alpha value is -2.20. The summed E-state index contributed by atoms with van der Waals surface area (Å²) in [7, 11) is 0. The summed E-state index contributed by atoms with van der Waals surface area (Å²) in [5.41, 5.74) is 9.69. The van der Waals surface area contributed by atoms with Crippen molar-refractivity contribution in [3.8, 4) is 11.5 Å². The van der Waals surface area contributed by atoms with Crippen LogP contribution < -0.4 is 5.73 Å². The molecule has 0 bridgehead atoms. The smallest absolute Gasteiger partial charge is 0.226 e. The molecule has 0 unspecified atom stereocenters. The number of anilines is 1. The van der Waals surface area contributed by atoms with E-state index in [0.717, 1.165) is 22.7 Å². The molecule has 0 saturated carbocycles. The molecule has 0 aliphatic carbocycles. The van der Waals surface area contributed by atoms with Gasteiger partial charge in [0.25, 0.3) is 0 Å². The Kier molecular flexibility index (Phi) is 3.97. The van der Waals surface area contributed by atoms with E-state index in [1.54, 1.807) is 18.0 Å². The van der Waals surface area contributed by atoms with Gasteiger partial charge in [0.05, 0.1) is 5.69 Å². The van der Waals surface area contributed by atoms with Crippen molar-refractivity contribution >= 4 is 17.4 Å². The van der Waals surface area contributed by atoms with Crippen LogP contribution in [0, 0.1) is 6.92 Å². The Labute approximate surface area is 128 Å². The van der Waals surface area contributed by atoms with Crippen LogP contribution in [0.3, 0.4) is 0 Å². The van der Waals surface area contributed by atoms with Gasteiger partial charge in [-0.25, -0.2) is 4.98 Å². The monoisotopic (exact) mass is 296 g/mol. The van der Waals surface area contributed by atoms with Crippen LogP contribution in [0.25, 0.3) is 11.5 Å². The number of hydrogen-bond donors (Lipinski definition) is 1. The Morgan fingerprint density at radius 1 is 1.14 bits per heavy atom. The van der Waals surface area contributed by atoms with Gasteiger partial charge in [0, 0.05) is 21.9 Å². The molecular weight excluding hydrogens is 280 g/mol. The average molecular weight is 296 g/mol. The summed E-state index contributed by atoms with van der Waals surface area (Å²) in [5.74, 6) is 1.45. The topological polar surface area (TPSA) is 52.0 Å². The molecule has 4 heteroatoms. The lowest BCUT2D eigenvalue weighted by Gasteiger charge is -2.04. The molecule has 21 heavy (non-hydrogen) atoms. The molecule has 3 aromatic rings. The predicted molar refractivity (Wildman–Crippen MR) is 87.1 cm³/mol. The highest BCUT2D eigenvalue weighted by Gasteiger charge is 2.07. The minimum atomic E-state index is 0.667. The second-order valence-corrected chi connectivity index (χ2v) is 5.84. The van der Waals surface area contributed by atoms with Crippen LogP contribution in [0.15, 0.2) is 64.1 Å². The molecule has 0 spiro atoms. The quantitative estimate of drug-likeness (QED) is 0.568. The molecule has 3 nitrogen and oxygen atoms in total. The first-order valence-electron chi connectivity index (χ1n) is 6.71. The molecule has 2 aromatic carbocycles. The van der Waals surface area contributed by atoms with E-state index in [1.165, 1.54) is 10.5 Å². The number of nitrogens with two attached hydrogens (primary N) is 1. The van der Waals surface area contributed by atoms with Crippen LogP contribution in [0.5, 0.6) is 0 Å². The van der Waals surface area contributed by atoms with Gasteiger partial charge in [0.2, 0.25) is 5.89 Å². The van der Waals surface area contributed by atoms with Crippen LogP contribution in [-0.2, 0) is 5.75 Å². The van der Waals surface area contributed by atoms with Crippen molar-refractivity contribution in [1.29, 1.82) is 0 Å². The summed E-state index contributed by atoms with van der Waals surface area (Å²) in [5, 5.41) is 0. The van der Waals surface area contributed by atoms with Crippen LogP contribution in [0.1, 0.15) is 11.3 Å². The first-order valence-corrected chi connectivity index (χ1v) is 7.70. The largest absolute Gasteiger partial charge is 0.444 e. The van der Waals surface area contributed by atoms with E-state index in [1.807, 2.05) is 48.5 Å². The van der Waals surface area contributed by atoms with E-state index in [2.05, 4.69) is 11.9 Å². The molecule has 0 saturated heterocycles. The minimum Gasteiger partial charge on any atom is -0.444 e. The van der Waals surface area contributed by atoms with Gasteiger partial charge in [-0.15, -0.1) is 11.8 Å². The summed E-state index contributed by atoms with van der Waals surface area (Å²) < 4.78 is 5.54. The molecule has 3 rings (SSSR count). The predicted octanol–water partition coefficient (Wildman–Crippen LogP) is 4.52. The Balaban J connectivity index is 1.70. The number of oxazole rings is 1.